The Bertz CT molecular complexity index is 1170. The lowest BCUT2D eigenvalue weighted by Crippen LogP contribution is -2.19. The van der Waals surface area contributed by atoms with Gasteiger partial charge in [0.25, 0.3) is 5.91 Å². The van der Waals surface area contributed by atoms with Crippen molar-refractivity contribution in [3.8, 4) is 11.5 Å². The van der Waals surface area contributed by atoms with Gasteiger partial charge in [0.05, 0.1) is 4.91 Å². The number of para-hydroxylation sites is 2. The number of phenolic OH excluding ortho intramolecular Hbond substituents is 1. The number of ether oxygens (including phenoxy) is 1. The number of phenols is 1. The van der Waals surface area contributed by atoms with Crippen LogP contribution in [0.4, 0.5) is 5.69 Å². The molecular weight excluding hydrogens is 432 g/mol. The van der Waals surface area contributed by atoms with E-state index in [9.17, 15) is 9.90 Å². The average molecular weight is 451 g/mol. The number of nitrogens with zero attached hydrogens (tertiary/aromatic N) is 1. The standard InChI is InChI=1S/C24H19ClN2O3S/c1-15-5-4-7-19(28)22(15)26-24-27-23(29)21(31-24)13-17-6-2-3-8-20(17)30-14-16-9-11-18(25)12-10-16/h2-13,28H,14H2,1H3,(H,26,27,29)/b21-13-. The van der Waals surface area contributed by atoms with Crippen molar-refractivity contribution >= 4 is 46.2 Å². The van der Waals surface area contributed by atoms with Crippen LogP contribution in [0.25, 0.3) is 6.08 Å². The van der Waals surface area contributed by atoms with Crippen LogP contribution in [0.15, 0.2) is 76.6 Å². The van der Waals surface area contributed by atoms with Crippen LogP contribution < -0.4 is 10.1 Å². The first-order valence-corrected chi connectivity index (χ1v) is 10.7. The minimum atomic E-state index is -0.246. The largest absolute Gasteiger partial charge is 0.506 e. The number of carbonyl (C=O) groups is 1. The second-order valence-corrected chi connectivity index (χ2v) is 8.34. The molecule has 1 aliphatic rings. The van der Waals surface area contributed by atoms with E-state index in [4.69, 9.17) is 16.3 Å². The molecule has 0 bridgehead atoms. The molecule has 5 nitrogen and oxygen atoms in total. The van der Waals surface area contributed by atoms with Gasteiger partial charge in [-0.3, -0.25) is 4.79 Å². The monoisotopic (exact) mass is 450 g/mol. The first kappa shape index (κ1) is 21.0. The number of hydrogen-bond acceptors (Lipinski definition) is 5. The van der Waals surface area contributed by atoms with E-state index < -0.39 is 0 Å². The molecule has 2 N–H and O–H groups in total. The third kappa shape index (κ3) is 5.10. The molecule has 3 aromatic carbocycles. The first-order valence-electron chi connectivity index (χ1n) is 9.54. The van der Waals surface area contributed by atoms with Crippen LogP contribution >= 0.6 is 23.4 Å². The molecule has 0 radical (unpaired) electrons. The number of hydrogen-bond donors (Lipinski definition) is 2. The zero-order valence-electron chi connectivity index (χ0n) is 16.6. The molecule has 1 heterocycles. The maximum absolute atomic E-state index is 12.5. The Hall–Kier alpha value is -3.22. The molecule has 4 rings (SSSR count). The van der Waals surface area contributed by atoms with Gasteiger partial charge in [-0.2, -0.15) is 0 Å². The van der Waals surface area contributed by atoms with Crippen LogP contribution in [0.2, 0.25) is 5.02 Å². The summed E-state index contributed by atoms with van der Waals surface area (Å²) in [5.41, 5.74) is 3.04. The Balaban J connectivity index is 1.54. The van der Waals surface area contributed by atoms with E-state index in [1.54, 1.807) is 18.2 Å². The molecule has 1 fully saturated rings. The number of benzene rings is 3. The number of amides is 1. The fraction of sp³-hybridized carbons (Fsp3) is 0.0833. The molecule has 0 spiro atoms. The summed E-state index contributed by atoms with van der Waals surface area (Å²) < 4.78 is 5.97. The number of thioether (sulfide) groups is 1. The number of aromatic hydroxyl groups is 1. The minimum absolute atomic E-state index is 0.0701. The molecule has 156 valence electrons. The molecule has 0 atom stereocenters. The zero-order valence-corrected chi connectivity index (χ0v) is 18.2. The summed E-state index contributed by atoms with van der Waals surface area (Å²) in [5.74, 6) is 0.491. The minimum Gasteiger partial charge on any atom is -0.506 e. The predicted octanol–water partition coefficient (Wildman–Crippen LogP) is 5.82. The summed E-state index contributed by atoms with van der Waals surface area (Å²) in [5, 5.41) is 13.9. The quantitative estimate of drug-likeness (QED) is 0.480. The van der Waals surface area contributed by atoms with Crippen LogP contribution in [0.5, 0.6) is 11.5 Å². The van der Waals surface area contributed by atoms with Gasteiger partial charge in [-0.15, -0.1) is 0 Å². The Labute approximate surface area is 189 Å². The second kappa shape index (κ2) is 9.29. The summed E-state index contributed by atoms with van der Waals surface area (Å²) in [7, 11) is 0. The zero-order chi connectivity index (χ0) is 21.8. The maximum Gasteiger partial charge on any atom is 0.264 e. The molecule has 31 heavy (non-hydrogen) atoms. The van der Waals surface area contributed by atoms with Gasteiger partial charge in [0, 0.05) is 10.6 Å². The third-order valence-electron chi connectivity index (χ3n) is 4.59. The normalized spacial score (nSPS) is 16.0. The highest BCUT2D eigenvalue weighted by Gasteiger charge is 2.25. The Morgan fingerprint density at radius 2 is 1.87 bits per heavy atom. The van der Waals surface area contributed by atoms with Crippen molar-refractivity contribution in [3.05, 3.63) is 93.3 Å². The fourth-order valence-electron chi connectivity index (χ4n) is 2.99. The average Bonchev–Trinajstić information content (AvgIpc) is 3.10. The topological polar surface area (TPSA) is 70.9 Å². The maximum atomic E-state index is 12.5. The van der Waals surface area contributed by atoms with E-state index in [-0.39, 0.29) is 11.7 Å². The van der Waals surface area contributed by atoms with Gasteiger partial charge in [-0.25, -0.2) is 4.99 Å². The van der Waals surface area contributed by atoms with Gasteiger partial charge < -0.3 is 15.2 Å². The molecule has 1 amide bonds. The highest BCUT2D eigenvalue weighted by atomic mass is 35.5. The number of nitrogens with one attached hydrogen (secondary N) is 1. The van der Waals surface area contributed by atoms with Gasteiger partial charge >= 0.3 is 0 Å². The van der Waals surface area contributed by atoms with E-state index in [0.29, 0.717) is 33.1 Å². The predicted molar refractivity (Wildman–Crippen MR) is 126 cm³/mol. The summed E-state index contributed by atoms with van der Waals surface area (Å²) in [6, 6.07) is 20.2. The SMILES string of the molecule is Cc1cccc(O)c1N=C1NC(=O)/C(=C/c2ccccc2OCc2ccc(Cl)cc2)S1. The Morgan fingerprint density at radius 3 is 2.65 bits per heavy atom. The van der Waals surface area contributed by atoms with Gasteiger partial charge in [0.2, 0.25) is 0 Å². The lowest BCUT2D eigenvalue weighted by Gasteiger charge is -2.09. The smallest absolute Gasteiger partial charge is 0.264 e. The molecule has 3 aromatic rings. The van der Waals surface area contributed by atoms with E-state index in [0.717, 1.165) is 16.7 Å². The van der Waals surface area contributed by atoms with Crippen LogP contribution in [0, 0.1) is 6.92 Å². The Morgan fingerprint density at radius 1 is 1.10 bits per heavy atom. The molecule has 0 aromatic heterocycles. The summed E-state index contributed by atoms with van der Waals surface area (Å²) in [4.78, 5) is 17.4. The summed E-state index contributed by atoms with van der Waals surface area (Å²) >= 11 is 7.15. The first-order chi connectivity index (χ1) is 15.0. The van der Waals surface area contributed by atoms with Crippen molar-refractivity contribution in [1.82, 2.24) is 5.32 Å². The van der Waals surface area contributed by atoms with Crippen molar-refractivity contribution < 1.29 is 14.6 Å². The van der Waals surface area contributed by atoms with Gasteiger partial charge in [0.15, 0.2) is 5.17 Å². The lowest BCUT2D eigenvalue weighted by atomic mass is 10.2. The van der Waals surface area contributed by atoms with Crippen LogP contribution in [-0.2, 0) is 11.4 Å². The molecular formula is C24H19ClN2O3S. The fourth-order valence-corrected chi connectivity index (χ4v) is 3.93. The van der Waals surface area contributed by atoms with E-state index in [1.165, 1.54) is 11.8 Å². The van der Waals surface area contributed by atoms with E-state index >= 15 is 0 Å². The number of rotatable bonds is 5. The number of halogens is 1. The van der Waals surface area contributed by atoms with Gasteiger partial charge in [-0.05, 0) is 60.2 Å². The van der Waals surface area contributed by atoms with Crippen molar-refractivity contribution in [3.63, 3.8) is 0 Å². The van der Waals surface area contributed by atoms with Crippen LogP contribution in [-0.4, -0.2) is 16.2 Å². The van der Waals surface area contributed by atoms with Crippen LogP contribution in [0.1, 0.15) is 16.7 Å². The van der Waals surface area contributed by atoms with Crippen LogP contribution in [0.3, 0.4) is 0 Å². The Kier molecular flexibility index (Phi) is 6.30. The number of amidine groups is 1. The molecule has 7 heteroatoms. The van der Waals surface area contributed by atoms with Crippen molar-refractivity contribution in [1.29, 1.82) is 0 Å². The molecule has 0 aliphatic carbocycles. The van der Waals surface area contributed by atoms with E-state index in [1.807, 2.05) is 61.5 Å². The lowest BCUT2D eigenvalue weighted by molar-refractivity contribution is -0.115. The molecule has 1 aliphatic heterocycles. The molecule has 0 saturated carbocycles. The number of carbonyl (C=O) groups excluding carboxylic acids is 1. The number of aryl methyl sites for hydroxylation is 1. The van der Waals surface area contributed by atoms with Gasteiger partial charge in [0.1, 0.15) is 23.8 Å². The second-order valence-electron chi connectivity index (χ2n) is 6.88. The summed E-state index contributed by atoms with van der Waals surface area (Å²) in [6.45, 7) is 2.24. The van der Waals surface area contributed by atoms with Gasteiger partial charge in [-0.1, -0.05) is 54.1 Å². The van der Waals surface area contributed by atoms with Crippen molar-refractivity contribution in [2.45, 2.75) is 13.5 Å². The van der Waals surface area contributed by atoms with Crippen molar-refractivity contribution in [2.75, 3.05) is 0 Å². The van der Waals surface area contributed by atoms with Crippen molar-refractivity contribution in [2.24, 2.45) is 4.99 Å². The molecule has 1 saturated heterocycles. The summed E-state index contributed by atoms with van der Waals surface area (Å²) in [6.07, 6.45) is 1.78. The molecule has 0 unspecified atom stereocenters. The highest BCUT2D eigenvalue weighted by molar-refractivity contribution is 8.18. The third-order valence-corrected chi connectivity index (χ3v) is 5.76. The van der Waals surface area contributed by atoms with E-state index in [2.05, 4.69) is 10.3 Å². The highest BCUT2D eigenvalue weighted by Crippen LogP contribution is 2.34. The number of aliphatic imine (C=N–C) groups is 1.